The van der Waals surface area contributed by atoms with Gasteiger partial charge < -0.3 is 4.90 Å². The van der Waals surface area contributed by atoms with Crippen LogP contribution in [-0.2, 0) is 0 Å². The fourth-order valence-electron chi connectivity index (χ4n) is 2.99. The van der Waals surface area contributed by atoms with Gasteiger partial charge in [0.2, 0.25) is 0 Å². The van der Waals surface area contributed by atoms with Gasteiger partial charge in [0.05, 0.1) is 11.7 Å². The minimum atomic E-state index is 0.478. The van der Waals surface area contributed by atoms with Crippen molar-refractivity contribution in [2.45, 2.75) is 38.3 Å². The van der Waals surface area contributed by atoms with Gasteiger partial charge in [-0.15, -0.1) is 0 Å². The molecule has 0 N–H and O–H groups in total. The molecule has 2 aliphatic heterocycles. The lowest BCUT2D eigenvalue weighted by atomic mass is 9.97. The molecule has 1 aromatic heterocycles. The van der Waals surface area contributed by atoms with Gasteiger partial charge >= 0.3 is 0 Å². The van der Waals surface area contributed by atoms with E-state index in [2.05, 4.69) is 25.5 Å². The topological polar surface area (TPSA) is 32.3 Å². The third-order valence-corrected chi connectivity index (χ3v) is 4.76. The highest BCUT2D eigenvalue weighted by molar-refractivity contribution is 6.99. The van der Waals surface area contributed by atoms with E-state index >= 15 is 0 Å². The third kappa shape index (κ3) is 2.16. The molecular formula is C11H17ClN4S. The van der Waals surface area contributed by atoms with Crippen LogP contribution in [0.25, 0.3) is 0 Å². The van der Waals surface area contributed by atoms with Gasteiger partial charge in [-0.05, 0) is 26.3 Å². The Labute approximate surface area is 111 Å². The summed E-state index contributed by atoms with van der Waals surface area (Å²) in [7, 11) is 0. The number of rotatable bonds is 1. The minimum absolute atomic E-state index is 0.478. The van der Waals surface area contributed by atoms with Crippen LogP contribution < -0.4 is 4.90 Å². The maximum Gasteiger partial charge on any atom is 0.187 e. The molecule has 2 atom stereocenters. The van der Waals surface area contributed by atoms with Gasteiger partial charge in [0.25, 0.3) is 0 Å². The molecule has 2 fully saturated rings. The van der Waals surface area contributed by atoms with Crippen LogP contribution in [0.2, 0.25) is 5.15 Å². The Morgan fingerprint density at radius 3 is 2.94 bits per heavy atom. The van der Waals surface area contributed by atoms with Crippen LogP contribution in [-0.4, -0.2) is 45.4 Å². The summed E-state index contributed by atoms with van der Waals surface area (Å²) < 4.78 is 8.40. The second-order valence-electron chi connectivity index (χ2n) is 5.02. The summed E-state index contributed by atoms with van der Waals surface area (Å²) in [5, 5.41) is 0.561. The third-order valence-electron chi connectivity index (χ3n) is 3.89. The first-order valence-corrected chi connectivity index (χ1v) is 7.35. The van der Waals surface area contributed by atoms with E-state index in [1.807, 2.05) is 0 Å². The molecule has 2 saturated heterocycles. The lowest BCUT2D eigenvalue weighted by Crippen LogP contribution is -2.59. The zero-order chi connectivity index (χ0) is 11.8. The minimum Gasteiger partial charge on any atom is -0.348 e. The molecule has 2 unspecified atom stereocenters. The molecule has 3 rings (SSSR count). The van der Waals surface area contributed by atoms with E-state index in [1.54, 1.807) is 0 Å². The molecule has 0 radical (unpaired) electrons. The van der Waals surface area contributed by atoms with Gasteiger partial charge in [-0.2, -0.15) is 8.75 Å². The second-order valence-corrected chi connectivity index (χ2v) is 5.91. The summed E-state index contributed by atoms with van der Waals surface area (Å²) in [5.41, 5.74) is 0. The number of nitrogens with zero attached hydrogens (tertiary/aromatic N) is 4. The number of fused-ring (bicyclic) bond motifs is 1. The highest BCUT2D eigenvalue weighted by Crippen LogP contribution is 2.30. The maximum absolute atomic E-state index is 6.10. The van der Waals surface area contributed by atoms with Crippen molar-refractivity contribution in [1.82, 2.24) is 13.6 Å². The monoisotopic (exact) mass is 272 g/mol. The van der Waals surface area contributed by atoms with Crippen molar-refractivity contribution >= 4 is 29.1 Å². The number of aromatic nitrogens is 2. The summed E-state index contributed by atoms with van der Waals surface area (Å²) in [6.45, 7) is 5.68. The largest absolute Gasteiger partial charge is 0.348 e. The Morgan fingerprint density at radius 2 is 2.18 bits per heavy atom. The fourth-order valence-corrected chi connectivity index (χ4v) is 3.75. The van der Waals surface area contributed by atoms with Gasteiger partial charge in [0.1, 0.15) is 0 Å². The molecule has 3 heterocycles. The smallest absolute Gasteiger partial charge is 0.187 e. The second kappa shape index (κ2) is 4.71. The molecule has 2 aliphatic rings. The Kier molecular flexibility index (Phi) is 3.23. The van der Waals surface area contributed by atoms with Crippen LogP contribution in [0, 0.1) is 0 Å². The first kappa shape index (κ1) is 11.7. The standard InChI is InChI=1S/C11H17ClN4S/c1-8-6-15-5-3-2-4-9(15)7-16(8)11-10(12)13-17-14-11/h8-9H,2-7H2,1H3. The molecule has 94 valence electrons. The highest BCUT2D eigenvalue weighted by atomic mass is 35.5. The average molecular weight is 273 g/mol. The number of anilines is 1. The Balaban J connectivity index is 1.80. The molecule has 0 spiro atoms. The first-order chi connectivity index (χ1) is 8.25. The van der Waals surface area contributed by atoms with Crippen LogP contribution in [0.3, 0.4) is 0 Å². The van der Waals surface area contributed by atoms with Crippen molar-refractivity contribution in [3.63, 3.8) is 0 Å². The number of hydrogen-bond acceptors (Lipinski definition) is 5. The van der Waals surface area contributed by atoms with Crippen molar-refractivity contribution in [2.75, 3.05) is 24.5 Å². The van der Waals surface area contributed by atoms with E-state index in [0.29, 0.717) is 17.2 Å². The average Bonchev–Trinajstić information content (AvgIpc) is 2.74. The molecular weight excluding hydrogens is 256 g/mol. The molecule has 4 nitrogen and oxygen atoms in total. The van der Waals surface area contributed by atoms with E-state index in [0.717, 1.165) is 18.9 Å². The molecule has 6 heteroatoms. The van der Waals surface area contributed by atoms with Crippen molar-refractivity contribution in [2.24, 2.45) is 0 Å². The number of piperazine rings is 1. The van der Waals surface area contributed by atoms with Crippen molar-refractivity contribution in [3.05, 3.63) is 5.15 Å². The quantitative estimate of drug-likeness (QED) is 0.785. The van der Waals surface area contributed by atoms with Crippen molar-refractivity contribution in [3.8, 4) is 0 Å². The van der Waals surface area contributed by atoms with E-state index in [-0.39, 0.29) is 0 Å². The number of piperidine rings is 1. The summed E-state index contributed by atoms with van der Waals surface area (Å²) in [5.74, 6) is 0.884. The molecule has 0 saturated carbocycles. The van der Waals surface area contributed by atoms with Crippen LogP contribution in [0.4, 0.5) is 5.82 Å². The number of hydrogen-bond donors (Lipinski definition) is 0. The summed E-state index contributed by atoms with van der Waals surface area (Å²) in [6, 6.07) is 1.16. The maximum atomic E-state index is 6.10. The lowest BCUT2D eigenvalue weighted by Gasteiger charge is -2.47. The normalized spacial score (nSPS) is 30.4. The first-order valence-electron chi connectivity index (χ1n) is 6.24. The van der Waals surface area contributed by atoms with Crippen LogP contribution in [0.1, 0.15) is 26.2 Å². The van der Waals surface area contributed by atoms with Gasteiger partial charge in [-0.3, -0.25) is 4.90 Å². The fraction of sp³-hybridized carbons (Fsp3) is 0.818. The van der Waals surface area contributed by atoms with Gasteiger partial charge in [0, 0.05) is 25.2 Å². The van der Waals surface area contributed by atoms with Crippen LogP contribution in [0.15, 0.2) is 0 Å². The van der Waals surface area contributed by atoms with E-state index in [4.69, 9.17) is 11.6 Å². The predicted molar refractivity (Wildman–Crippen MR) is 70.9 cm³/mol. The Hall–Kier alpha value is -0.390. The van der Waals surface area contributed by atoms with E-state index in [1.165, 1.54) is 37.5 Å². The SMILES string of the molecule is CC1CN2CCCCC2CN1c1nsnc1Cl. The zero-order valence-corrected chi connectivity index (χ0v) is 11.5. The predicted octanol–water partition coefficient (Wildman–Crippen LogP) is 2.25. The molecule has 0 bridgehead atoms. The van der Waals surface area contributed by atoms with Crippen LogP contribution in [0.5, 0.6) is 0 Å². The van der Waals surface area contributed by atoms with Crippen LogP contribution >= 0.6 is 23.3 Å². The number of halogens is 1. The molecule has 17 heavy (non-hydrogen) atoms. The molecule has 0 aromatic carbocycles. The summed E-state index contributed by atoms with van der Waals surface area (Å²) >= 11 is 7.30. The summed E-state index contributed by atoms with van der Waals surface area (Å²) in [6.07, 6.45) is 4.01. The molecule has 0 amide bonds. The van der Waals surface area contributed by atoms with Gasteiger partial charge in [-0.25, -0.2) is 0 Å². The van der Waals surface area contributed by atoms with Crippen molar-refractivity contribution < 1.29 is 0 Å². The molecule has 0 aliphatic carbocycles. The zero-order valence-electron chi connectivity index (χ0n) is 9.97. The summed E-state index contributed by atoms with van der Waals surface area (Å²) in [4.78, 5) is 4.96. The molecule has 1 aromatic rings. The van der Waals surface area contributed by atoms with Gasteiger partial charge in [-0.1, -0.05) is 18.0 Å². The lowest BCUT2D eigenvalue weighted by molar-refractivity contribution is 0.115. The van der Waals surface area contributed by atoms with Gasteiger partial charge in [0.15, 0.2) is 11.0 Å². The van der Waals surface area contributed by atoms with E-state index < -0.39 is 0 Å². The van der Waals surface area contributed by atoms with Crippen molar-refractivity contribution in [1.29, 1.82) is 0 Å². The highest BCUT2D eigenvalue weighted by Gasteiger charge is 2.34. The van der Waals surface area contributed by atoms with E-state index in [9.17, 15) is 0 Å². The Morgan fingerprint density at radius 1 is 1.29 bits per heavy atom. The Bertz CT molecular complexity index is 397.